The van der Waals surface area contributed by atoms with E-state index in [4.69, 9.17) is 11.6 Å². The third-order valence-electron chi connectivity index (χ3n) is 1.96. The van der Waals surface area contributed by atoms with Gasteiger partial charge in [0.1, 0.15) is 11.6 Å². The van der Waals surface area contributed by atoms with Crippen LogP contribution in [0.15, 0.2) is 0 Å². The average Bonchev–Trinajstić information content (AvgIpc) is 2.34. The molecule has 13 heavy (non-hydrogen) atoms. The molecule has 4 N–H and O–H groups in total. The van der Waals surface area contributed by atoms with E-state index in [1.54, 1.807) is 0 Å². The highest BCUT2D eigenvalue weighted by Gasteiger charge is 2.08. The van der Waals surface area contributed by atoms with Crippen LogP contribution in [0.2, 0.25) is 0 Å². The lowest BCUT2D eigenvalue weighted by Crippen LogP contribution is -2.13. The SMILES string of the molecule is CSCCCc1nc(C)n(N)c1N. The number of aromatic nitrogens is 2. The van der Waals surface area contributed by atoms with Gasteiger partial charge in [0, 0.05) is 0 Å². The highest BCUT2D eigenvalue weighted by molar-refractivity contribution is 7.98. The molecular weight excluding hydrogens is 184 g/mol. The lowest BCUT2D eigenvalue weighted by molar-refractivity contribution is 0.899. The molecule has 0 aromatic carbocycles. The van der Waals surface area contributed by atoms with Gasteiger partial charge in [0.05, 0.1) is 5.69 Å². The van der Waals surface area contributed by atoms with E-state index < -0.39 is 0 Å². The first-order valence-electron chi connectivity index (χ1n) is 4.24. The van der Waals surface area contributed by atoms with Gasteiger partial charge in [-0.3, -0.25) is 0 Å². The van der Waals surface area contributed by atoms with Gasteiger partial charge >= 0.3 is 0 Å². The molecule has 0 atom stereocenters. The number of imidazole rings is 1. The fourth-order valence-corrected chi connectivity index (χ4v) is 1.62. The smallest absolute Gasteiger partial charge is 0.145 e. The second-order valence-electron chi connectivity index (χ2n) is 2.96. The number of aryl methyl sites for hydroxylation is 2. The number of nitrogen functional groups attached to an aromatic ring is 2. The van der Waals surface area contributed by atoms with Crippen molar-refractivity contribution in [2.24, 2.45) is 0 Å². The first-order chi connectivity index (χ1) is 6.16. The van der Waals surface area contributed by atoms with Crippen LogP contribution in [0.5, 0.6) is 0 Å². The fraction of sp³-hybridized carbons (Fsp3) is 0.625. The zero-order valence-corrected chi connectivity index (χ0v) is 8.90. The maximum absolute atomic E-state index is 5.75. The molecule has 0 unspecified atom stereocenters. The van der Waals surface area contributed by atoms with Crippen molar-refractivity contribution in [3.05, 3.63) is 11.5 Å². The molecule has 0 saturated carbocycles. The zero-order valence-electron chi connectivity index (χ0n) is 8.08. The number of nitrogens with zero attached hydrogens (tertiary/aromatic N) is 2. The number of nitrogens with two attached hydrogens (primary N) is 2. The third kappa shape index (κ3) is 2.30. The molecule has 1 rings (SSSR count). The van der Waals surface area contributed by atoms with Crippen LogP contribution in [0, 0.1) is 6.92 Å². The molecule has 0 saturated heterocycles. The standard InChI is InChI=1S/C8H16N4S/c1-6-11-7(4-3-5-13-2)8(9)12(6)10/h3-5,9-10H2,1-2H3. The van der Waals surface area contributed by atoms with E-state index in [1.807, 2.05) is 18.7 Å². The quantitative estimate of drug-likeness (QED) is 0.556. The van der Waals surface area contributed by atoms with Gasteiger partial charge in [0.25, 0.3) is 0 Å². The van der Waals surface area contributed by atoms with Crippen molar-refractivity contribution >= 4 is 17.6 Å². The van der Waals surface area contributed by atoms with Crippen molar-refractivity contribution in [2.75, 3.05) is 23.6 Å². The van der Waals surface area contributed by atoms with Crippen LogP contribution in [0.1, 0.15) is 17.9 Å². The van der Waals surface area contributed by atoms with Gasteiger partial charge in [-0.15, -0.1) is 0 Å². The Labute approximate surface area is 82.7 Å². The molecule has 5 heteroatoms. The minimum atomic E-state index is 0.596. The Morgan fingerprint density at radius 2 is 2.23 bits per heavy atom. The van der Waals surface area contributed by atoms with Crippen LogP contribution in [0.3, 0.4) is 0 Å². The summed E-state index contributed by atoms with van der Waals surface area (Å²) >= 11 is 1.83. The highest BCUT2D eigenvalue weighted by Crippen LogP contribution is 2.13. The van der Waals surface area contributed by atoms with Crippen molar-refractivity contribution in [3.8, 4) is 0 Å². The summed E-state index contributed by atoms with van der Waals surface area (Å²) in [5.41, 5.74) is 6.68. The molecule has 74 valence electrons. The summed E-state index contributed by atoms with van der Waals surface area (Å²) in [6, 6.07) is 0. The van der Waals surface area contributed by atoms with Gasteiger partial charge in [-0.2, -0.15) is 11.8 Å². The zero-order chi connectivity index (χ0) is 9.84. The maximum atomic E-state index is 5.75. The van der Waals surface area contributed by atoms with Gasteiger partial charge in [-0.1, -0.05) is 0 Å². The first kappa shape index (κ1) is 10.2. The topological polar surface area (TPSA) is 69.9 Å². The predicted molar refractivity (Wildman–Crippen MR) is 58.2 cm³/mol. The third-order valence-corrected chi connectivity index (χ3v) is 2.66. The van der Waals surface area contributed by atoms with Gasteiger partial charge in [-0.05, 0) is 31.8 Å². The van der Waals surface area contributed by atoms with Crippen LogP contribution in [0.4, 0.5) is 5.82 Å². The predicted octanol–water partition coefficient (Wildman–Crippen LogP) is 0.783. The number of hydrogen-bond donors (Lipinski definition) is 2. The van der Waals surface area contributed by atoms with Crippen LogP contribution in [-0.4, -0.2) is 21.7 Å². The van der Waals surface area contributed by atoms with Crippen molar-refractivity contribution in [2.45, 2.75) is 19.8 Å². The van der Waals surface area contributed by atoms with E-state index >= 15 is 0 Å². The van der Waals surface area contributed by atoms with Crippen molar-refractivity contribution in [1.82, 2.24) is 9.66 Å². The Hall–Kier alpha value is -0.840. The Bertz CT molecular complexity index is 282. The molecule has 1 aromatic heterocycles. The van der Waals surface area contributed by atoms with E-state index in [9.17, 15) is 0 Å². The number of anilines is 1. The molecule has 0 aliphatic heterocycles. The Balaban J connectivity index is 2.61. The van der Waals surface area contributed by atoms with E-state index in [2.05, 4.69) is 11.2 Å². The molecule has 0 fully saturated rings. The highest BCUT2D eigenvalue weighted by atomic mass is 32.2. The number of rotatable bonds is 4. The molecule has 0 spiro atoms. The second kappa shape index (κ2) is 4.41. The lowest BCUT2D eigenvalue weighted by atomic mass is 10.2. The summed E-state index contributed by atoms with van der Waals surface area (Å²) in [7, 11) is 0. The molecule has 1 aromatic rings. The van der Waals surface area contributed by atoms with Crippen molar-refractivity contribution in [1.29, 1.82) is 0 Å². The summed E-state index contributed by atoms with van der Waals surface area (Å²) in [5, 5.41) is 0. The largest absolute Gasteiger partial charge is 0.382 e. The van der Waals surface area contributed by atoms with Crippen LogP contribution >= 0.6 is 11.8 Å². The monoisotopic (exact) mass is 200 g/mol. The summed E-state index contributed by atoms with van der Waals surface area (Å²) in [6.45, 7) is 1.86. The first-order valence-corrected chi connectivity index (χ1v) is 5.64. The van der Waals surface area contributed by atoms with Crippen LogP contribution in [0.25, 0.3) is 0 Å². The number of hydrogen-bond acceptors (Lipinski definition) is 4. The Morgan fingerprint density at radius 1 is 1.54 bits per heavy atom. The second-order valence-corrected chi connectivity index (χ2v) is 3.94. The fourth-order valence-electron chi connectivity index (χ4n) is 1.19. The molecule has 0 bridgehead atoms. The average molecular weight is 200 g/mol. The molecule has 0 amide bonds. The van der Waals surface area contributed by atoms with E-state index in [1.165, 1.54) is 4.68 Å². The molecule has 0 aliphatic rings. The van der Waals surface area contributed by atoms with Crippen molar-refractivity contribution < 1.29 is 0 Å². The summed E-state index contributed by atoms with van der Waals surface area (Å²) in [4.78, 5) is 4.29. The molecular formula is C8H16N4S. The maximum Gasteiger partial charge on any atom is 0.145 e. The summed E-state index contributed by atoms with van der Waals surface area (Å²) in [5.74, 6) is 8.14. The Morgan fingerprint density at radius 3 is 2.69 bits per heavy atom. The minimum Gasteiger partial charge on any atom is -0.382 e. The van der Waals surface area contributed by atoms with Gasteiger partial charge < -0.3 is 11.6 Å². The van der Waals surface area contributed by atoms with E-state index in [0.29, 0.717) is 5.82 Å². The number of thioether (sulfide) groups is 1. The van der Waals surface area contributed by atoms with E-state index in [-0.39, 0.29) is 0 Å². The van der Waals surface area contributed by atoms with Gasteiger partial charge in [0.2, 0.25) is 0 Å². The normalized spacial score (nSPS) is 10.6. The molecule has 0 aliphatic carbocycles. The van der Waals surface area contributed by atoms with E-state index in [0.717, 1.165) is 30.1 Å². The van der Waals surface area contributed by atoms with Gasteiger partial charge in [-0.25, -0.2) is 9.66 Å². The Kier molecular flexibility index (Phi) is 3.48. The minimum absolute atomic E-state index is 0.596. The van der Waals surface area contributed by atoms with Gasteiger partial charge in [0.15, 0.2) is 0 Å². The molecule has 0 radical (unpaired) electrons. The van der Waals surface area contributed by atoms with Crippen LogP contribution in [-0.2, 0) is 6.42 Å². The molecule has 1 heterocycles. The summed E-state index contributed by atoms with van der Waals surface area (Å²) in [6.07, 6.45) is 4.11. The van der Waals surface area contributed by atoms with Crippen LogP contribution < -0.4 is 11.6 Å². The van der Waals surface area contributed by atoms with Crippen molar-refractivity contribution in [3.63, 3.8) is 0 Å². The molecule has 4 nitrogen and oxygen atoms in total. The summed E-state index contributed by atoms with van der Waals surface area (Å²) < 4.78 is 1.44. The lowest BCUT2D eigenvalue weighted by Gasteiger charge is -1.99.